The molecule has 0 amide bonds. The Hall–Kier alpha value is -0.870. The molecule has 0 heterocycles. The summed E-state index contributed by atoms with van der Waals surface area (Å²) in [7, 11) is 0. The third-order valence-corrected chi connectivity index (χ3v) is 4.04. The maximum absolute atomic E-state index is 12.0. The maximum Gasteiger partial charge on any atom is 0.334 e. The van der Waals surface area contributed by atoms with E-state index >= 15 is 0 Å². The van der Waals surface area contributed by atoms with Gasteiger partial charge in [0.15, 0.2) is 0 Å². The Kier molecular flexibility index (Phi) is 8.54. The van der Waals surface area contributed by atoms with Crippen molar-refractivity contribution in [2.45, 2.75) is 70.8 Å². The molecule has 0 aromatic rings. The SMILES string of the molecule is CC(C(=O)OC1CCCCCCCCC1)=C(CO)CO. The Morgan fingerprint density at radius 2 is 1.40 bits per heavy atom. The van der Waals surface area contributed by atoms with Crippen LogP contribution in [0.2, 0.25) is 0 Å². The van der Waals surface area contributed by atoms with Gasteiger partial charge >= 0.3 is 5.97 Å². The van der Waals surface area contributed by atoms with Gasteiger partial charge in [-0.15, -0.1) is 0 Å². The topological polar surface area (TPSA) is 66.8 Å². The normalized spacial score (nSPS) is 18.4. The number of carbonyl (C=O) groups is 1. The lowest BCUT2D eigenvalue weighted by atomic mass is 9.99. The number of aliphatic hydroxyl groups is 2. The molecule has 1 aliphatic rings. The maximum atomic E-state index is 12.0. The van der Waals surface area contributed by atoms with Crippen LogP contribution in [0.25, 0.3) is 0 Å². The fourth-order valence-corrected chi connectivity index (χ4v) is 2.56. The fourth-order valence-electron chi connectivity index (χ4n) is 2.56. The highest BCUT2D eigenvalue weighted by atomic mass is 16.5. The minimum atomic E-state index is -0.398. The van der Waals surface area contributed by atoms with E-state index in [0.717, 1.165) is 25.7 Å². The third-order valence-electron chi connectivity index (χ3n) is 4.04. The van der Waals surface area contributed by atoms with Crippen LogP contribution in [0.3, 0.4) is 0 Å². The molecule has 0 unspecified atom stereocenters. The lowest BCUT2D eigenvalue weighted by Gasteiger charge is -2.20. The van der Waals surface area contributed by atoms with E-state index in [1.165, 1.54) is 32.1 Å². The van der Waals surface area contributed by atoms with Gasteiger partial charge in [-0.3, -0.25) is 0 Å². The van der Waals surface area contributed by atoms with Gasteiger partial charge in [0.05, 0.1) is 13.2 Å². The molecule has 1 fully saturated rings. The second-order valence-electron chi connectivity index (χ2n) is 5.62. The zero-order valence-corrected chi connectivity index (χ0v) is 12.6. The number of carbonyl (C=O) groups excluding carboxylic acids is 1. The Bertz CT molecular complexity index is 306. The van der Waals surface area contributed by atoms with Gasteiger partial charge in [0.25, 0.3) is 0 Å². The number of rotatable bonds is 4. The number of hydrogen-bond acceptors (Lipinski definition) is 4. The van der Waals surface area contributed by atoms with Crippen molar-refractivity contribution in [1.29, 1.82) is 0 Å². The third kappa shape index (κ3) is 6.06. The second kappa shape index (κ2) is 9.94. The first kappa shape index (κ1) is 17.2. The molecule has 2 N–H and O–H groups in total. The molecule has 0 radical (unpaired) electrons. The summed E-state index contributed by atoms with van der Waals surface area (Å²) in [6, 6.07) is 0. The smallest absolute Gasteiger partial charge is 0.334 e. The van der Waals surface area contributed by atoms with E-state index in [1.807, 2.05) is 0 Å². The Balaban J connectivity index is 2.54. The highest BCUT2D eigenvalue weighted by Gasteiger charge is 2.18. The molecular formula is C16H28O4. The van der Waals surface area contributed by atoms with Crippen LogP contribution in [0.4, 0.5) is 0 Å². The summed E-state index contributed by atoms with van der Waals surface area (Å²) in [4.78, 5) is 12.0. The quantitative estimate of drug-likeness (QED) is 0.615. The molecule has 0 aromatic carbocycles. The molecule has 1 saturated carbocycles. The second-order valence-corrected chi connectivity index (χ2v) is 5.62. The number of aliphatic hydroxyl groups excluding tert-OH is 2. The van der Waals surface area contributed by atoms with E-state index < -0.39 is 5.97 Å². The van der Waals surface area contributed by atoms with Crippen LogP contribution in [0.15, 0.2) is 11.1 Å². The van der Waals surface area contributed by atoms with E-state index in [4.69, 9.17) is 14.9 Å². The molecule has 0 spiro atoms. The Morgan fingerprint density at radius 3 is 1.85 bits per heavy atom. The van der Waals surface area contributed by atoms with Crippen LogP contribution >= 0.6 is 0 Å². The largest absolute Gasteiger partial charge is 0.459 e. The van der Waals surface area contributed by atoms with Crippen LogP contribution in [0, 0.1) is 0 Å². The predicted octanol–water partition coefficient (Wildman–Crippen LogP) is 2.72. The first-order valence-corrected chi connectivity index (χ1v) is 7.80. The van der Waals surface area contributed by atoms with Gasteiger partial charge in [-0.25, -0.2) is 4.79 Å². The fraction of sp³-hybridized carbons (Fsp3) is 0.812. The molecule has 4 heteroatoms. The van der Waals surface area contributed by atoms with Gasteiger partial charge in [0.2, 0.25) is 0 Å². The van der Waals surface area contributed by atoms with Crippen molar-refractivity contribution in [3.63, 3.8) is 0 Å². The van der Waals surface area contributed by atoms with Gasteiger partial charge in [-0.2, -0.15) is 0 Å². The summed E-state index contributed by atoms with van der Waals surface area (Å²) in [5.41, 5.74) is 0.682. The molecule has 1 rings (SSSR count). The van der Waals surface area contributed by atoms with Gasteiger partial charge in [0.1, 0.15) is 6.10 Å². The molecule has 116 valence electrons. The molecule has 4 nitrogen and oxygen atoms in total. The molecule has 0 bridgehead atoms. The van der Waals surface area contributed by atoms with Crippen LogP contribution in [-0.2, 0) is 9.53 Å². The summed E-state index contributed by atoms with van der Waals surface area (Å²) in [6.07, 6.45) is 10.3. The molecule has 0 saturated heterocycles. The Morgan fingerprint density at radius 1 is 0.950 bits per heavy atom. The van der Waals surface area contributed by atoms with Crippen molar-refractivity contribution in [2.75, 3.05) is 13.2 Å². The monoisotopic (exact) mass is 284 g/mol. The summed E-state index contributed by atoms with van der Waals surface area (Å²) < 4.78 is 5.55. The average molecular weight is 284 g/mol. The van der Waals surface area contributed by atoms with Crippen molar-refractivity contribution < 1.29 is 19.7 Å². The van der Waals surface area contributed by atoms with Gasteiger partial charge in [-0.1, -0.05) is 32.1 Å². The van der Waals surface area contributed by atoms with Crippen LogP contribution in [0.5, 0.6) is 0 Å². The van der Waals surface area contributed by atoms with E-state index in [1.54, 1.807) is 6.92 Å². The number of hydrogen-bond donors (Lipinski definition) is 2. The molecule has 0 atom stereocenters. The van der Waals surface area contributed by atoms with Crippen LogP contribution in [0.1, 0.15) is 64.7 Å². The van der Waals surface area contributed by atoms with E-state index in [-0.39, 0.29) is 19.3 Å². The lowest BCUT2D eigenvalue weighted by molar-refractivity contribution is -0.145. The minimum Gasteiger partial charge on any atom is -0.459 e. The van der Waals surface area contributed by atoms with Crippen molar-refractivity contribution in [3.8, 4) is 0 Å². The Labute approximate surface area is 121 Å². The predicted molar refractivity (Wildman–Crippen MR) is 78.3 cm³/mol. The van der Waals surface area contributed by atoms with Gasteiger partial charge in [-0.05, 0) is 38.2 Å². The zero-order valence-electron chi connectivity index (χ0n) is 12.6. The standard InChI is InChI=1S/C16H28O4/c1-13(14(11-17)12-18)16(19)20-15-9-7-5-3-2-4-6-8-10-15/h15,17-18H,2-12H2,1H3. The van der Waals surface area contributed by atoms with Crippen molar-refractivity contribution in [2.24, 2.45) is 0 Å². The summed E-state index contributed by atoms with van der Waals surface area (Å²) in [6.45, 7) is 0.995. The first-order chi connectivity index (χ1) is 9.69. The zero-order chi connectivity index (χ0) is 14.8. The lowest BCUT2D eigenvalue weighted by Crippen LogP contribution is -2.21. The highest BCUT2D eigenvalue weighted by Crippen LogP contribution is 2.20. The van der Waals surface area contributed by atoms with Crippen LogP contribution in [-0.4, -0.2) is 35.5 Å². The van der Waals surface area contributed by atoms with Crippen molar-refractivity contribution in [1.82, 2.24) is 0 Å². The molecule has 1 aliphatic carbocycles. The van der Waals surface area contributed by atoms with Gasteiger partial charge in [0, 0.05) is 5.57 Å². The summed E-state index contributed by atoms with van der Waals surface area (Å²) in [5.74, 6) is -0.398. The number of esters is 1. The molecule has 0 aliphatic heterocycles. The van der Waals surface area contributed by atoms with Crippen molar-refractivity contribution >= 4 is 5.97 Å². The molecule has 20 heavy (non-hydrogen) atoms. The summed E-state index contributed by atoms with van der Waals surface area (Å²) in [5, 5.41) is 18.2. The van der Waals surface area contributed by atoms with Crippen LogP contribution < -0.4 is 0 Å². The van der Waals surface area contributed by atoms with E-state index in [9.17, 15) is 4.79 Å². The number of ether oxygens (including phenoxy) is 1. The van der Waals surface area contributed by atoms with Gasteiger partial charge < -0.3 is 14.9 Å². The summed E-state index contributed by atoms with van der Waals surface area (Å²) >= 11 is 0. The average Bonchev–Trinajstić information content (AvgIpc) is 2.46. The van der Waals surface area contributed by atoms with Crippen molar-refractivity contribution in [3.05, 3.63) is 11.1 Å². The van der Waals surface area contributed by atoms with E-state index in [2.05, 4.69) is 0 Å². The molecular weight excluding hydrogens is 256 g/mol. The minimum absolute atomic E-state index is 0.0193. The first-order valence-electron chi connectivity index (χ1n) is 7.80. The molecule has 0 aromatic heterocycles. The van der Waals surface area contributed by atoms with E-state index in [0.29, 0.717) is 11.1 Å². The highest BCUT2D eigenvalue weighted by molar-refractivity contribution is 5.88.